The first kappa shape index (κ1) is 44.7. The van der Waals surface area contributed by atoms with Gasteiger partial charge in [0.25, 0.3) is 11.8 Å². The van der Waals surface area contributed by atoms with Crippen LogP contribution in [0.3, 0.4) is 0 Å². The number of methoxy groups -OCH3 is 1. The molecule has 7 rings (SSSR count). The zero-order chi connectivity index (χ0) is 43.1. The highest BCUT2D eigenvalue weighted by Gasteiger charge is 2.70. The van der Waals surface area contributed by atoms with Crippen LogP contribution in [0.1, 0.15) is 144 Å². The number of amides is 3. The quantitative estimate of drug-likeness (QED) is 0.149. The molecule has 2 aromatic carbocycles. The zero-order valence-corrected chi connectivity index (χ0v) is 38.1. The number of ether oxygens (including phenoxy) is 1. The van der Waals surface area contributed by atoms with Crippen LogP contribution in [0.25, 0.3) is 0 Å². The summed E-state index contributed by atoms with van der Waals surface area (Å²) < 4.78 is 4.86. The molecule has 5 fully saturated rings. The molecule has 0 radical (unpaired) electrons. The lowest BCUT2D eigenvalue weighted by Gasteiger charge is -2.72. The number of carbonyl (C=O) groups is 4. The topological polar surface area (TPSA) is 134 Å². The van der Waals surface area contributed by atoms with Crippen molar-refractivity contribution in [2.75, 3.05) is 25.7 Å². The number of thioether (sulfide) groups is 1. The summed E-state index contributed by atoms with van der Waals surface area (Å²) in [5.41, 5.74) is 3.22. The Kier molecular flexibility index (Phi) is 13.0. The molecule has 9 nitrogen and oxygen atoms in total. The summed E-state index contributed by atoms with van der Waals surface area (Å²) in [6, 6.07) is 13.9. The van der Waals surface area contributed by atoms with Crippen molar-refractivity contribution in [1.82, 2.24) is 16.0 Å². The Morgan fingerprint density at radius 1 is 0.783 bits per heavy atom. The lowest BCUT2D eigenvalue weighted by molar-refractivity contribution is -0.244. The molecule has 60 heavy (non-hydrogen) atoms. The maximum Gasteiger partial charge on any atom is 0.328 e. The molecule has 10 atom stereocenters. The second kappa shape index (κ2) is 17.4. The van der Waals surface area contributed by atoms with Crippen LogP contribution >= 0.6 is 11.8 Å². The molecular formula is C50H71N3O6S. The first-order valence-electron chi connectivity index (χ1n) is 22.8. The van der Waals surface area contributed by atoms with Gasteiger partial charge in [-0.2, -0.15) is 11.8 Å². The second-order valence-electron chi connectivity index (χ2n) is 20.6. The molecule has 3 amide bonds. The highest BCUT2D eigenvalue weighted by atomic mass is 32.2. The highest BCUT2D eigenvalue weighted by molar-refractivity contribution is 7.98. The Morgan fingerprint density at radius 3 is 2.28 bits per heavy atom. The Labute approximate surface area is 363 Å². The zero-order valence-electron chi connectivity index (χ0n) is 37.3. The largest absolute Gasteiger partial charge is 0.467 e. The molecule has 5 aliphatic carbocycles. The number of carbonyl (C=O) groups excluding carboxylic acids is 4. The summed E-state index contributed by atoms with van der Waals surface area (Å²) in [7, 11) is 1.31. The lowest BCUT2D eigenvalue weighted by atomic mass is 9.32. The molecule has 0 aromatic heterocycles. The van der Waals surface area contributed by atoms with Gasteiger partial charge in [0, 0.05) is 24.2 Å². The fourth-order valence-corrected chi connectivity index (χ4v) is 14.7. The number of hydrogen-bond acceptors (Lipinski definition) is 7. The van der Waals surface area contributed by atoms with Gasteiger partial charge in [-0.05, 0) is 170 Å². The van der Waals surface area contributed by atoms with Crippen molar-refractivity contribution in [3.63, 3.8) is 0 Å². The number of aliphatic hydroxyl groups excluding tert-OH is 1. The predicted molar refractivity (Wildman–Crippen MR) is 238 cm³/mol. The minimum Gasteiger partial charge on any atom is -0.467 e. The van der Waals surface area contributed by atoms with Crippen LogP contribution in [-0.2, 0) is 27.3 Å². The third kappa shape index (κ3) is 7.83. The van der Waals surface area contributed by atoms with Crippen LogP contribution in [-0.4, -0.2) is 66.6 Å². The molecule has 10 heteroatoms. The van der Waals surface area contributed by atoms with Crippen molar-refractivity contribution in [2.45, 2.75) is 137 Å². The minimum atomic E-state index is -0.709. The molecule has 2 aromatic rings. The van der Waals surface area contributed by atoms with E-state index in [4.69, 9.17) is 4.74 Å². The van der Waals surface area contributed by atoms with Gasteiger partial charge in [0.2, 0.25) is 5.91 Å². The minimum absolute atomic E-state index is 0.0457. The van der Waals surface area contributed by atoms with Crippen LogP contribution in [0.2, 0.25) is 0 Å². The van der Waals surface area contributed by atoms with Gasteiger partial charge in [-0.1, -0.05) is 65.3 Å². The van der Waals surface area contributed by atoms with E-state index in [1.54, 1.807) is 42.1 Å². The van der Waals surface area contributed by atoms with Gasteiger partial charge in [0.15, 0.2) is 0 Å². The van der Waals surface area contributed by atoms with Gasteiger partial charge in [-0.3, -0.25) is 14.4 Å². The van der Waals surface area contributed by atoms with Crippen molar-refractivity contribution < 1.29 is 29.0 Å². The van der Waals surface area contributed by atoms with Crippen molar-refractivity contribution in [1.29, 1.82) is 0 Å². The molecule has 0 spiro atoms. The fourth-order valence-electron chi connectivity index (χ4n) is 14.2. The molecule has 5 saturated carbocycles. The van der Waals surface area contributed by atoms with Crippen LogP contribution in [0.15, 0.2) is 48.5 Å². The van der Waals surface area contributed by atoms with Gasteiger partial charge in [0.1, 0.15) is 6.04 Å². The number of rotatable bonds is 13. The van der Waals surface area contributed by atoms with E-state index in [-0.39, 0.29) is 50.9 Å². The van der Waals surface area contributed by atoms with E-state index < -0.39 is 12.0 Å². The molecular weight excluding hydrogens is 771 g/mol. The SMILES string of the molecule is COC(=O)[C@@H](CCSC)NC(=O)c1ccc(CNC(=O)c2cccc(CCNC(=O)C34CCCC3C3CCC5C6(C)CCC(O)C(C)(C)C6CCC5(C)[C@]3(C)CC4)c2)cc1. The summed E-state index contributed by atoms with van der Waals surface area (Å²) >= 11 is 1.59. The van der Waals surface area contributed by atoms with Crippen LogP contribution < -0.4 is 16.0 Å². The van der Waals surface area contributed by atoms with E-state index in [0.29, 0.717) is 66.5 Å². The fraction of sp³-hybridized carbons (Fsp3) is 0.680. The summed E-state index contributed by atoms with van der Waals surface area (Å²) in [6.45, 7) is 13.3. The van der Waals surface area contributed by atoms with Crippen molar-refractivity contribution in [3.8, 4) is 0 Å². The molecule has 328 valence electrons. The third-order valence-corrected chi connectivity index (χ3v) is 18.4. The Hall–Kier alpha value is -3.37. The second-order valence-corrected chi connectivity index (χ2v) is 21.6. The number of fused-ring (bicyclic) bond motifs is 7. The van der Waals surface area contributed by atoms with Crippen molar-refractivity contribution in [3.05, 3.63) is 70.8 Å². The normalized spacial score (nSPS) is 34.4. The van der Waals surface area contributed by atoms with Gasteiger partial charge in [-0.25, -0.2) is 4.79 Å². The summed E-state index contributed by atoms with van der Waals surface area (Å²) in [5.74, 6) is 2.16. The first-order valence-corrected chi connectivity index (χ1v) is 24.2. The van der Waals surface area contributed by atoms with Gasteiger partial charge >= 0.3 is 5.97 Å². The molecule has 5 aliphatic rings. The van der Waals surface area contributed by atoms with E-state index in [1.165, 1.54) is 32.8 Å². The summed E-state index contributed by atoms with van der Waals surface area (Å²) in [4.78, 5) is 52.6. The molecule has 4 N–H and O–H groups in total. The van der Waals surface area contributed by atoms with E-state index in [9.17, 15) is 24.3 Å². The van der Waals surface area contributed by atoms with Crippen molar-refractivity contribution >= 4 is 35.5 Å². The van der Waals surface area contributed by atoms with E-state index >= 15 is 0 Å². The van der Waals surface area contributed by atoms with E-state index in [1.807, 2.05) is 24.5 Å². The maximum absolute atomic E-state index is 14.4. The molecule has 0 saturated heterocycles. The molecule has 8 unspecified atom stereocenters. The maximum atomic E-state index is 14.4. The van der Waals surface area contributed by atoms with E-state index in [0.717, 1.165) is 56.1 Å². The number of benzene rings is 2. The van der Waals surface area contributed by atoms with Gasteiger partial charge < -0.3 is 25.8 Å². The van der Waals surface area contributed by atoms with Gasteiger partial charge in [0.05, 0.1) is 18.6 Å². The van der Waals surface area contributed by atoms with Crippen LogP contribution in [0.5, 0.6) is 0 Å². The highest BCUT2D eigenvalue weighted by Crippen LogP contribution is 2.76. The van der Waals surface area contributed by atoms with Crippen LogP contribution in [0, 0.1) is 50.7 Å². The third-order valence-electron chi connectivity index (χ3n) is 17.8. The van der Waals surface area contributed by atoms with Crippen molar-refractivity contribution in [2.24, 2.45) is 50.7 Å². The standard InChI is InChI=1S/C50H71N3O6S/c1-46(2)39-19-25-49(5)40(47(39,3)24-20-41(46)54)18-17-36-37-12-9-23-50(37,27-26-48(36,49)4)45(58)51-28-21-32-10-8-11-35(30-32)42(55)52-31-33-13-15-34(16-14-33)43(56)53-38(22-29-60-7)44(57)59-6/h8,10-11,13-16,30,36-41,54H,9,12,17-29,31H2,1-7H3,(H,51,58)(H,52,55)(H,53,56)/t36?,37?,38-,39?,40?,41?,47?,48-,49?,50?/m1/s1. The average molecular weight is 842 g/mol. The summed E-state index contributed by atoms with van der Waals surface area (Å²) in [6.07, 6.45) is 15.2. The van der Waals surface area contributed by atoms with Gasteiger partial charge in [-0.15, -0.1) is 0 Å². The Bertz CT molecular complexity index is 1920. The molecule has 0 aliphatic heterocycles. The van der Waals surface area contributed by atoms with Crippen LogP contribution in [0.4, 0.5) is 0 Å². The average Bonchev–Trinajstić information content (AvgIpc) is 3.69. The lowest BCUT2D eigenvalue weighted by Crippen LogP contribution is -2.67. The molecule has 0 heterocycles. The number of nitrogens with one attached hydrogen (secondary N) is 3. The first-order chi connectivity index (χ1) is 28.5. The predicted octanol–water partition coefficient (Wildman–Crippen LogP) is 8.52. The smallest absolute Gasteiger partial charge is 0.328 e. The Morgan fingerprint density at radius 2 is 1.55 bits per heavy atom. The summed E-state index contributed by atoms with van der Waals surface area (Å²) in [5, 5.41) is 20.3. The Balaban J connectivity index is 0.927. The number of hydrogen-bond donors (Lipinski definition) is 4. The number of esters is 1. The molecule has 0 bridgehead atoms. The van der Waals surface area contributed by atoms with E-state index in [2.05, 4.69) is 50.6 Å². The number of aliphatic hydroxyl groups is 1. The monoisotopic (exact) mass is 842 g/mol.